The fraction of sp³-hybridized carbons (Fsp3) is 0.435. The summed E-state index contributed by atoms with van der Waals surface area (Å²) in [5, 5.41) is 16.9. The molecule has 0 radical (unpaired) electrons. The van der Waals surface area contributed by atoms with Crippen molar-refractivity contribution in [1.29, 1.82) is 0 Å². The number of rotatable bonds is 8. The summed E-state index contributed by atoms with van der Waals surface area (Å²) in [6, 6.07) is 20.2. The monoisotopic (exact) mass is 726 g/mol. The van der Waals surface area contributed by atoms with E-state index in [1.807, 2.05) is 0 Å². The van der Waals surface area contributed by atoms with E-state index in [1.54, 1.807) is 20.7 Å². The minimum atomic E-state index is -1.58. The first-order chi connectivity index (χ1) is 23.3. The number of hydrogen-bond donors (Lipinski definition) is 0. The Balaban J connectivity index is 2.02. The maximum Gasteiger partial charge on any atom is 0.0774 e. The lowest BCUT2D eigenvalue weighted by atomic mass is 9.88. The normalized spacial score (nSPS) is 12.8. The Hall–Kier alpha value is -2.87. The highest BCUT2D eigenvalue weighted by molar-refractivity contribution is 6.99. The second kappa shape index (κ2) is 14.3. The molecule has 0 bridgehead atoms. The molecule has 5 aromatic carbocycles. The van der Waals surface area contributed by atoms with Gasteiger partial charge in [0.05, 0.1) is 32.3 Å². The van der Waals surface area contributed by atoms with Crippen LogP contribution in [0.5, 0.6) is 0 Å². The van der Waals surface area contributed by atoms with Crippen LogP contribution in [0, 0.1) is 23.7 Å². The fourth-order valence-electron chi connectivity index (χ4n) is 7.40. The molecule has 0 nitrogen and oxygen atoms in total. The van der Waals surface area contributed by atoms with Gasteiger partial charge in [0.25, 0.3) is 0 Å². The standard InChI is InChI=1S/C46H62Si4/c1-15-17-19-21-23-37-39-25-33-29-43(47(3,4)5)45(49(9,10)11)31-35(33)27-41(39)38(24-22-20-18-16-2)42-28-36-32-46(50(12,13)14)44(48(6,7)8)30-34(36)26-40(37)42/h25-32H,15-20H2,1-14H3. The molecule has 0 fully saturated rings. The van der Waals surface area contributed by atoms with Crippen LogP contribution in [0.2, 0.25) is 78.6 Å². The van der Waals surface area contributed by atoms with Crippen molar-refractivity contribution in [2.45, 2.75) is 131 Å². The zero-order chi connectivity index (χ0) is 36.8. The van der Waals surface area contributed by atoms with Crippen LogP contribution in [0.3, 0.4) is 0 Å². The minimum absolute atomic E-state index is 0.928. The lowest BCUT2D eigenvalue weighted by Gasteiger charge is -2.29. The van der Waals surface area contributed by atoms with Gasteiger partial charge < -0.3 is 0 Å². The zero-order valence-electron chi connectivity index (χ0n) is 33.9. The average molecular weight is 727 g/mol. The third-order valence-electron chi connectivity index (χ3n) is 10.3. The van der Waals surface area contributed by atoms with Crippen molar-refractivity contribution in [3.63, 3.8) is 0 Å². The first-order valence-electron chi connectivity index (χ1n) is 19.2. The summed E-state index contributed by atoms with van der Waals surface area (Å²) in [5.41, 5.74) is 2.36. The molecular formula is C46H62Si4. The molecule has 0 saturated carbocycles. The zero-order valence-corrected chi connectivity index (χ0v) is 37.9. The van der Waals surface area contributed by atoms with E-state index in [4.69, 9.17) is 0 Å². The first-order valence-corrected chi connectivity index (χ1v) is 33.2. The molecule has 0 aliphatic rings. The predicted molar refractivity (Wildman–Crippen MR) is 241 cm³/mol. The van der Waals surface area contributed by atoms with Crippen molar-refractivity contribution in [2.24, 2.45) is 0 Å². The largest absolute Gasteiger partial charge is 0.0978 e. The Kier molecular flexibility index (Phi) is 11.0. The quantitative estimate of drug-likeness (QED) is 0.0646. The van der Waals surface area contributed by atoms with Crippen molar-refractivity contribution >= 4 is 96.1 Å². The van der Waals surface area contributed by atoms with Crippen molar-refractivity contribution in [3.05, 3.63) is 59.7 Å². The average Bonchev–Trinajstić information content (AvgIpc) is 3.01. The molecule has 0 amide bonds. The Morgan fingerprint density at radius 1 is 0.380 bits per heavy atom. The van der Waals surface area contributed by atoms with Crippen molar-refractivity contribution in [1.82, 2.24) is 0 Å². The first kappa shape index (κ1) is 38.4. The van der Waals surface area contributed by atoms with Crippen LogP contribution in [-0.2, 0) is 0 Å². The van der Waals surface area contributed by atoms with E-state index in [0.717, 1.165) is 38.5 Å². The van der Waals surface area contributed by atoms with Gasteiger partial charge in [0.2, 0.25) is 0 Å². The van der Waals surface area contributed by atoms with Crippen LogP contribution in [0.25, 0.3) is 43.1 Å². The van der Waals surface area contributed by atoms with Gasteiger partial charge in [-0.25, -0.2) is 0 Å². The van der Waals surface area contributed by atoms with Gasteiger partial charge in [-0.05, 0) is 80.2 Å². The molecule has 262 valence electrons. The summed E-state index contributed by atoms with van der Waals surface area (Å²) in [6.45, 7) is 34.6. The van der Waals surface area contributed by atoms with Gasteiger partial charge in [0.15, 0.2) is 0 Å². The topological polar surface area (TPSA) is 0 Å². The van der Waals surface area contributed by atoms with E-state index in [0.29, 0.717) is 0 Å². The lowest BCUT2D eigenvalue weighted by molar-refractivity contribution is 0.828. The molecule has 0 saturated heterocycles. The molecule has 0 unspecified atom stereocenters. The third kappa shape index (κ3) is 7.95. The lowest BCUT2D eigenvalue weighted by Crippen LogP contribution is -2.56. The molecule has 5 aromatic rings. The van der Waals surface area contributed by atoms with E-state index in [2.05, 4.69) is 165 Å². The number of fused-ring (bicyclic) bond motifs is 4. The van der Waals surface area contributed by atoms with Crippen molar-refractivity contribution < 1.29 is 0 Å². The van der Waals surface area contributed by atoms with E-state index >= 15 is 0 Å². The summed E-state index contributed by atoms with van der Waals surface area (Å²) in [4.78, 5) is 0. The Morgan fingerprint density at radius 3 is 0.820 bits per heavy atom. The number of unbranched alkanes of at least 4 members (excludes halogenated alkanes) is 4. The molecule has 0 aromatic heterocycles. The summed E-state index contributed by atoms with van der Waals surface area (Å²) in [7, 11) is -6.30. The SMILES string of the molecule is CCCCC#Cc1c2cc3cc([Si](C)(C)C)c([Si](C)(C)C)cc3cc2c(C#CCCCC)c2cc3cc([Si](C)(C)C)c([Si](C)(C)C)cc3cc12. The van der Waals surface area contributed by atoms with Crippen LogP contribution in [-0.4, -0.2) is 32.3 Å². The van der Waals surface area contributed by atoms with E-state index < -0.39 is 32.3 Å². The van der Waals surface area contributed by atoms with Crippen LogP contribution < -0.4 is 20.7 Å². The summed E-state index contributed by atoms with van der Waals surface area (Å²) >= 11 is 0. The van der Waals surface area contributed by atoms with Gasteiger partial charge in [-0.2, -0.15) is 0 Å². The highest BCUT2D eigenvalue weighted by Crippen LogP contribution is 2.37. The number of benzene rings is 5. The highest BCUT2D eigenvalue weighted by atomic mass is 28.3. The van der Waals surface area contributed by atoms with E-state index in [9.17, 15) is 0 Å². The van der Waals surface area contributed by atoms with Gasteiger partial charge in [0, 0.05) is 24.0 Å². The second-order valence-corrected chi connectivity index (χ2v) is 39.0. The molecule has 0 aliphatic heterocycles. The van der Waals surface area contributed by atoms with Gasteiger partial charge in [-0.1, -0.05) is 174 Å². The molecule has 4 heteroatoms. The van der Waals surface area contributed by atoms with Crippen LogP contribution in [0.1, 0.15) is 63.5 Å². The molecule has 50 heavy (non-hydrogen) atoms. The molecule has 5 rings (SSSR count). The van der Waals surface area contributed by atoms with Crippen LogP contribution in [0.15, 0.2) is 48.5 Å². The molecule has 0 heterocycles. The predicted octanol–water partition coefficient (Wildman–Crippen LogP) is 11.6. The van der Waals surface area contributed by atoms with Crippen molar-refractivity contribution in [3.8, 4) is 23.7 Å². The van der Waals surface area contributed by atoms with Gasteiger partial charge in [-0.3, -0.25) is 0 Å². The maximum absolute atomic E-state index is 3.79. The summed E-state index contributed by atoms with van der Waals surface area (Å²) in [5.74, 6) is 14.8. The molecular weight excluding hydrogens is 665 g/mol. The molecule has 0 atom stereocenters. The number of hydrogen-bond acceptors (Lipinski definition) is 0. The Morgan fingerprint density at radius 2 is 0.620 bits per heavy atom. The van der Waals surface area contributed by atoms with Crippen molar-refractivity contribution in [2.75, 3.05) is 0 Å². The Labute approximate surface area is 308 Å². The molecule has 0 N–H and O–H groups in total. The Bertz CT molecular complexity index is 1930. The van der Waals surface area contributed by atoms with E-state index in [1.165, 1.54) is 54.2 Å². The van der Waals surface area contributed by atoms with Gasteiger partial charge in [-0.15, -0.1) is 0 Å². The maximum atomic E-state index is 3.79. The summed E-state index contributed by atoms with van der Waals surface area (Å²) in [6.07, 6.45) is 6.45. The molecule has 0 aliphatic carbocycles. The van der Waals surface area contributed by atoms with E-state index in [-0.39, 0.29) is 0 Å². The summed E-state index contributed by atoms with van der Waals surface area (Å²) < 4.78 is 0. The minimum Gasteiger partial charge on any atom is -0.0978 e. The smallest absolute Gasteiger partial charge is 0.0774 e. The van der Waals surface area contributed by atoms with Gasteiger partial charge in [0.1, 0.15) is 0 Å². The third-order valence-corrected chi connectivity index (χ3v) is 18.9. The molecule has 0 spiro atoms. The van der Waals surface area contributed by atoms with Gasteiger partial charge >= 0.3 is 0 Å². The van der Waals surface area contributed by atoms with Crippen LogP contribution >= 0.6 is 0 Å². The fourth-order valence-corrected chi connectivity index (χ4v) is 17.8. The second-order valence-electron chi connectivity index (χ2n) is 18.8. The van der Waals surface area contributed by atoms with Crippen LogP contribution in [0.4, 0.5) is 0 Å². The highest BCUT2D eigenvalue weighted by Gasteiger charge is 2.30.